The van der Waals surface area contributed by atoms with Gasteiger partial charge in [-0.25, -0.2) is 14.8 Å². The van der Waals surface area contributed by atoms with Crippen LogP contribution < -0.4 is 15.0 Å². The zero-order valence-electron chi connectivity index (χ0n) is 19.6. The van der Waals surface area contributed by atoms with Gasteiger partial charge in [-0.15, -0.1) is 0 Å². The minimum absolute atomic E-state index is 0.0518. The number of hydrogen-bond acceptors (Lipinski definition) is 6. The molecule has 2 heterocycles. The van der Waals surface area contributed by atoms with E-state index in [1.54, 1.807) is 30.6 Å². The van der Waals surface area contributed by atoms with Crippen LogP contribution in [0.3, 0.4) is 0 Å². The molecule has 0 radical (unpaired) electrons. The van der Waals surface area contributed by atoms with Gasteiger partial charge >= 0.3 is 0 Å². The molecule has 1 N–H and O–H groups in total. The Kier molecular flexibility index (Phi) is 6.35. The fraction of sp³-hybridized carbons (Fsp3) is 0.520. The minimum atomic E-state index is -0.217. The molecule has 1 saturated heterocycles. The predicted octanol–water partition coefficient (Wildman–Crippen LogP) is 4.79. The number of nitrogens with zero attached hydrogens (tertiary/aromatic N) is 4. The average Bonchev–Trinajstić information content (AvgIpc) is 2.81. The summed E-state index contributed by atoms with van der Waals surface area (Å²) in [5.41, 5.74) is 0.522. The summed E-state index contributed by atoms with van der Waals surface area (Å²) in [6.45, 7) is 19.3. The van der Waals surface area contributed by atoms with E-state index in [0.29, 0.717) is 34.4 Å². The predicted molar refractivity (Wildman–Crippen MR) is 129 cm³/mol. The molecule has 2 aliphatic rings. The Morgan fingerprint density at radius 2 is 1.85 bits per heavy atom. The third kappa shape index (κ3) is 4.42. The normalized spacial score (nSPS) is 23.3. The molecule has 0 spiro atoms. The highest BCUT2D eigenvalue weighted by atomic mass is 35.5. The first-order chi connectivity index (χ1) is 15.6. The van der Waals surface area contributed by atoms with Crippen LogP contribution in [0.4, 0.5) is 11.6 Å². The third-order valence-corrected chi connectivity index (χ3v) is 7.49. The number of halogens is 1. The Labute approximate surface area is 200 Å². The van der Waals surface area contributed by atoms with Gasteiger partial charge in [-0.05, 0) is 18.1 Å². The van der Waals surface area contributed by atoms with E-state index >= 15 is 0 Å². The molecule has 174 valence electrons. The number of carbonyl (C=O) groups excluding carboxylic acids is 1. The molecular weight excluding hydrogens is 438 g/mol. The van der Waals surface area contributed by atoms with Crippen molar-refractivity contribution in [3.63, 3.8) is 0 Å². The number of carbonyl (C=O) groups is 1. The summed E-state index contributed by atoms with van der Waals surface area (Å²) in [5, 5.41) is 3.69. The number of benzene rings is 1. The van der Waals surface area contributed by atoms with Gasteiger partial charge < -0.3 is 15.0 Å². The summed E-state index contributed by atoms with van der Waals surface area (Å²) in [4.78, 5) is 27.5. The maximum absolute atomic E-state index is 13.1. The van der Waals surface area contributed by atoms with Crippen LogP contribution in [0.1, 0.15) is 44.5 Å². The fourth-order valence-corrected chi connectivity index (χ4v) is 5.81. The van der Waals surface area contributed by atoms with Gasteiger partial charge in [0.05, 0.1) is 17.2 Å². The second-order valence-electron chi connectivity index (χ2n) is 10.1. The molecule has 0 amide bonds. The van der Waals surface area contributed by atoms with Gasteiger partial charge in [0.1, 0.15) is 11.9 Å². The molecule has 1 aromatic carbocycles. The molecule has 7 nitrogen and oxygen atoms in total. The largest absolute Gasteiger partial charge is 0.489 e. The lowest BCUT2D eigenvalue weighted by atomic mass is 9.44. The second-order valence-corrected chi connectivity index (χ2v) is 10.5. The monoisotopic (exact) mass is 467 g/mol. The van der Waals surface area contributed by atoms with Gasteiger partial charge in [-0.3, -0.25) is 4.79 Å². The Morgan fingerprint density at radius 1 is 1.21 bits per heavy atom. The topological polar surface area (TPSA) is 71.7 Å². The number of hydrogen-bond donors (Lipinski definition) is 1. The number of rotatable bonds is 6. The van der Waals surface area contributed by atoms with E-state index in [4.69, 9.17) is 22.9 Å². The highest BCUT2D eigenvalue weighted by Crippen LogP contribution is 2.61. The number of Topliss-reactive ketones (excluding diaryl/α,β-unsaturated/α-hetero) is 1. The number of anilines is 1. The SMILES string of the molecule is [C-]#[N+]c1ccc(OC2C(C)(C)C(CC(=O)c3cnc(N4CCNCC4)nc3)C2(C)C)cc1Cl. The van der Waals surface area contributed by atoms with Crippen LogP contribution in [0.2, 0.25) is 5.02 Å². The van der Waals surface area contributed by atoms with Crippen LogP contribution in [0, 0.1) is 23.3 Å². The van der Waals surface area contributed by atoms with Crippen LogP contribution in [0.25, 0.3) is 4.85 Å². The first-order valence-electron chi connectivity index (χ1n) is 11.3. The summed E-state index contributed by atoms with van der Waals surface area (Å²) >= 11 is 6.19. The average molecular weight is 468 g/mol. The van der Waals surface area contributed by atoms with Crippen molar-refractivity contribution in [3.05, 3.63) is 52.6 Å². The van der Waals surface area contributed by atoms with Gasteiger partial charge in [0.2, 0.25) is 11.6 Å². The summed E-state index contributed by atoms with van der Waals surface area (Å²) in [6, 6.07) is 5.15. The molecule has 8 heteroatoms. The second kappa shape index (κ2) is 8.92. The van der Waals surface area contributed by atoms with Gasteiger partial charge in [-0.1, -0.05) is 45.4 Å². The first-order valence-corrected chi connectivity index (χ1v) is 11.7. The van der Waals surface area contributed by atoms with E-state index in [0.717, 1.165) is 26.2 Å². The van der Waals surface area contributed by atoms with E-state index < -0.39 is 0 Å². The fourth-order valence-electron chi connectivity index (χ4n) is 5.60. The van der Waals surface area contributed by atoms with Crippen LogP contribution >= 0.6 is 11.6 Å². The molecular formula is C25H30ClN5O2. The number of ether oxygens (including phenoxy) is 1. The summed E-state index contributed by atoms with van der Waals surface area (Å²) in [6.07, 6.45) is 3.62. The van der Waals surface area contributed by atoms with Crippen LogP contribution in [-0.4, -0.2) is 48.0 Å². The van der Waals surface area contributed by atoms with Crippen LogP contribution in [-0.2, 0) is 0 Å². The Morgan fingerprint density at radius 3 is 2.42 bits per heavy atom. The van der Waals surface area contributed by atoms with Crippen molar-refractivity contribution in [2.75, 3.05) is 31.1 Å². The lowest BCUT2D eigenvalue weighted by Crippen LogP contribution is -2.66. The summed E-state index contributed by atoms with van der Waals surface area (Å²) < 4.78 is 6.33. The van der Waals surface area contributed by atoms with Gasteiger partial charge in [0.25, 0.3) is 0 Å². The van der Waals surface area contributed by atoms with Crippen molar-refractivity contribution in [3.8, 4) is 5.75 Å². The standard InChI is InChI=1S/C25H30ClN5O2/c1-24(2)21(25(3,4)22(24)33-17-6-7-19(27-5)18(26)12-17)13-20(32)16-14-29-23(30-15-16)31-10-8-28-9-11-31/h6-7,12,14-15,21-22,28H,8-11,13H2,1-4H3. The van der Waals surface area contributed by atoms with E-state index in [1.165, 1.54) is 0 Å². The molecule has 2 fully saturated rings. The zero-order chi connectivity index (χ0) is 23.8. The van der Waals surface area contributed by atoms with Crippen LogP contribution in [0.15, 0.2) is 30.6 Å². The van der Waals surface area contributed by atoms with Crippen molar-refractivity contribution in [2.45, 2.75) is 40.2 Å². The number of aromatic nitrogens is 2. The van der Waals surface area contributed by atoms with E-state index in [1.807, 2.05) is 0 Å². The van der Waals surface area contributed by atoms with Gasteiger partial charge in [0, 0.05) is 55.8 Å². The summed E-state index contributed by atoms with van der Waals surface area (Å²) in [5.74, 6) is 1.50. The molecule has 2 aromatic rings. The minimum Gasteiger partial charge on any atom is -0.489 e. The highest BCUT2D eigenvalue weighted by molar-refractivity contribution is 6.33. The van der Waals surface area contributed by atoms with Crippen molar-refractivity contribution in [1.82, 2.24) is 15.3 Å². The first kappa shape index (κ1) is 23.5. The van der Waals surface area contributed by atoms with Crippen molar-refractivity contribution >= 4 is 29.0 Å². The smallest absolute Gasteiger partial charge is 0.225 e. The Balaban J connectivity index is 1.43. The zero-order valence-corrected chi connectivity index (χ0v) is 20.3. The molecule has 0 atom stereocenters. The quantitative estimate of drug-likeness (QED) is 0.486. The van der Waals surface area contributed by atoms with Gasteiger partial charge in [0.15, 0.2) is 5.78 Å². The molecule has 1 aromatic heterocycles. The molecule has 0 unspecified atom stereocenters. The Bertz CT molecular complexity index is 1060. The lowest BCUT2D eigenvalue weighted by Gasteiger charge is -2.63. The van der Waals surface area contributed by atoms with Crippen LogP contribution in [0.5, 0.6) is 5.75 Å². The molecule has 4 rings (SSSR count). The molecule has 1 aliphatic carbocycles. The maximum atomic E-state index is 13.1. The summed E-state index contributed by atoms with van der Waals surface area (Å²) in [7, 11) is 0. The van der Waals surface area contributed by atoms with E-state index in [-0.39, 0.29) is 28.6 Å². The molecule has 1 aliphatic heterocycles. The van der Waals surface area contributed by atoms with Gasteiger partial charge in [-0.2, -0.15) is 0 Å². The molecule has 1 saturated carbocycles. The lowest BCUT2D eigenvalue weighted by molar-refractivity contribution is -0.196. The number of nitrogens with one attached hydrogen (secondary N) is 1. The molecule has 33 heavy (non-hydrogen) atoms. The molecule has 0 bridgehead atoms. The van der Waals surface area contributed by atoms with E-state index in [9.17, 15) is 4.79 Å². The Hall–Kier alpha value is -2.69. The maximum Gasteiger partial charge on any atom is 0.225 e. The van der Waals surface area contributed by atoms with Crippen molar-refractivity contribution in [2.24, 2.45) is 16.7 Å². The van der Waals surface area contributed by atoms with E-state index in [2.05, 4.69) is 52.7 Å². The van der Waals surface area contributed by atoms with Crippen molar-refractivity contribution < 1.29 is 9.53 Å². The highest BCUT2D eigenvalue weighted by Gasteiger charge is 2.63. The number of ketones is 1. The number of piperazine rings is 1. The van der Waals surface area contributed by atoms with Crippen molar-refractivity contribution in [1.29, 1.82) is 0 Å². The third-order valence-electron chi connectivity index (χ3n) is 7.19.